The van der Waals surface area contributed by atoms with Gasteiger partial charge in [0, 0.05) is 52.4 Å². The van der Waals surface area contributed by atoms with Crippen LogP contribution in [0, 0.1) is 0 Å². The fraction of sp³-hybridized carbons (Fsp3) is 1.00. The summed E-state index contributed by atoms with van der Waals surface area (Å²) in [6, 6.07) is 0. The second-order valence-electron chi connectivity index (χ2n) is 13.0. The van der Waals surface area contributed by atoms with Crippen molar-refractivity contribution in [3.05, 3.63) is 0 Å². The molecule has 0 saturated heterocycles. The van der Waals surface area contributed by atoms with Crippen LogP contribution in [0.3, 0.4) is 0 Å². The highest BCUT2D eigenvalue weighted by Crippen LogP contribution is 2.02. The molecule has 6 nitrogen and oxygen atoms in total. The first-order valence-electron chi connectivity index (χ1n) is 19.8. The maximum atomic E-state index is 2.68. The molecule has 0 aliphatic heterocycles. The van der Waals surface area contributed by atoms with Gasteiger partial charge in [0.05, 0.1) is 0 Å². The van der Waals surface area contributed by atoms with E-state index in [0.717, 1.165) is 0 Å². The van der Waals surface area contributed by atoms with Gasteiger partial charge in [0.2, 0.25) is 0 Å². The van der Waals surface area contributed by atoms with Crippen molar-refractivity contribution >= 4 is 0 Å². The summed E-state index contributed by atoms with van der Waals surface area (Å²) in [5, 5.41) is 0. The van der Waals surface area contributed by atoms with Gasteiger partial charge >= 0.3 is 0 Å². The summed E-state index contributed by atoms with van der Waals surface area (Å²) in [6.07, 6.45) is 12.7. The molecule has 0 aromatic heterocycles. The molecule has 0 heterocycles. The fourth-order valence-corrected chi connectivity index (χ4v) is 6.31. The average molecular weight is 627 g/mol. The van der Waals surface area contributed by atoms with Crippen LogP contribution in [0.15, 0.2) is 0 Å². The highest BCUT2D eigenvalue weighted by Gasteiger charge is 2.11. The Balaban J connectivity index is 0. The summed E-state index contributed by atoms with van der Waals surface area (Å²) < 4.78 is 0. The molecule has 0 aromatic carbocycles. The molecule has 0 radical (unpaired) electrons. The van der Waals surface area contributed by atoms with E-state index in [1.165, 1.54) is 182 Å². The molecular formula is C38H86N6. The molecule has 0 bridgehead atoms. The van der Waals surface area contributed by atoms with E-state index in [4.69, 9.17) is 0 Å². The zero-order chi connectivity index (χ0) is 33.3. The van der Waals surface area contributed by atoms with E-state index in [2.05, 4.69) is 98.6 Å². The van der Waals surface area contributed by atoms with E-state index in [1.54, 1.807) is 0 Å². The Morgan fingerprint density at radius 2 is 0.250 bits per heavy atom. The van der Waals surface area contributed by atoms with Gasteiger partial charge in [-0.25, -0.2) is 0 Å². The van der Waals surface area contributed by atoms with Crippen molar-refractivity contribution in [2.45, 2.75) is 133 Å². The maximum absolute atomic E-state index is 2.68. The number of nitrogens with zero attached hydrogens (tertiary/aromatic N) is 6. The first kappa shape index (κ1) is 45.9. The molecule has 0 atom stereocenters. The molecule has 0 saturated carbocycles. The standard InChI is InChI=1S/2C19H43N3/c2*1-6-11-20(12-7-2)16-18-22(15-10-5)19-17-21(13-8-3)14-9-4/h2*6-19H2,1-5H3. The topological polar surface area (TPSA) is 19.4 Å². The van der Waals surface area contributed by atoms with Crippen LogP contribution in [0.25, 0.3) is 0 Å². The van der Waals surface area contributed by atoms with E-state index in [-0.39, 0.29) is 0 Å². The second kappa shape index (κ2) is 35.6. The van der Waals surface area contributed by atoms with E-state index < -0.39 is 0 Å². The Labute approximate surface area is 280 Å². The van der Waals surface area contributed by atoms with Crippen molar-refractivity contribution in [3.8, 4) is 0 Å². The van der Waals surface area contributed by atoms with Crippen LogP contribution in [0.5, 0.6) is 0 Å². The van der Waals surface area contributed by atoms with Crippen LogP contribution in [0.1, 0.15) is 133 Å². The van der Waals surface area contributed by atoms with E-state index in [9.17, 15) is 0 Å². The summed E-state index contributed by atoms with van der Waals surface area (Å²) >= 11 is 0. The summed E-state index contributed by atoms with van der Waals surface area (Å²) in [5.41, 5.74) is 0. The van der Waals surface area contributed by atoms with Gasteiger partial charge in [-0.2, -0.15) is 0 Å². The third-order valence-corrected chi connectivity index (χ3v) is 8.33. The number of rotatable bonds is 32. The van der Waals surface area contributed by atoms with Gasteiger partial charge in [-0.15, -0.1) is 0 Å². The Bertz CT molecular complexity index is 423. The minimum Gasteiger partial charge on any atom is -0.302 e. The molecule has 6 heteroatoms. The third-order valence-electron chi connectivity index (χ3n) is 8.33. The van der Waals surface area contributed by atoms with Crippen LogP contribution in [0.4, 0.5) is 0 Å². The molecule has 0 fully saturated rings. The van der Waals surface area contributed by atoms with Crippen molar-refractivity contribution in [2.24, 2.45) is 0 Å². The zero-order valence-corrected chi connectivity index (χ0v) is 32.5. The largest absolute Gasteiger partial charge is 0.302 e. The zero-order valence-electron chi connectivity index (χ0n) is 32.5. The molecule has 0 unspecified atom stereocenters. The lowest BCUT2D eigenvalue weighted by Gasteiger charge is -2.29. The Kier molecular flexibility index (Phi) is 37.1. The summed E-state index contributed by atoms with van der Waals surface area (Å²) in [6.45, 7) is 45.4. The molecule has 0 amide bonds. The Morgan fingerprint density at radius 3 is 0.341 bits per heavy atom. The minimum atomic E-state index is 1.24. The number of hydrogen-bond donors (Lipinski definition) is 0. The smallest absolute Gasteiger partial charge is 0.0110 e. The Morgan fingerprint density at radius 1 is 0.159 bits per heavy atom. The molecule has 0 aliphatic carbocycles. The van der Waals surface area contributed by atoms with Crippen molar-refractivity contribution in [2.75, 3.05) is 118 Å². The van der Waals surface area contributed by atoms with Crippen LogP contribution < -0.4 is 0 Å². The van der Waals surface area contributed by atoms with E-state index in [1.807, 2.05) is 0 Å². The molecule has 0 spiro atoms. The maximum Gasteiger partial charge on any atom is 0.0110 e. The van der Waals surface area contributed by atoms with Gasteiger partial charge in [-0.1, -0.05) is 69.2 Å². The molecule has 268 valence electrons. The predicted octanol–water partition coefficient (Wildman–Crippen LogP) is 7.88. The molecule has 0 aliphatic rings. The minimum absolute atomic E-state index is 1.24. The van der Waals surface area contributed by atoms with Crippen LogP contribution in [-0.2, 0) is 0 Å². The van der Waals surface area contributed by atoms with Gasteiger partial charge in [0.15, 0.2) is 0 Å². The first-order valence-corrected chi connectivity index (χ1v) is 19.8. The van der Waals surface area contributed by atoms with Crippen molar-refractivity contribution < 1.29 is 0 Å². The predicted molar refractivity (Wildman–Crippen MR) is 202 cm³/mol. The van der Waals surface area contributed by atoms with Gasteiger partial charge < -0.3 is 29.4 Å². The third kappa shape index (κ3) is 28.0. The SMILES string of the molecule is CCCN(CCC)CCN(CCC)CCN(CCC)CCC.CCCN(CCC)CCN(CCC)CCN(CCC)CCC. The van der Waals surface area contributed by atoms with Crippen molar-refractivity contribution in [1.82, 2.24) is 29.4 Å². The summed E-state index contributed by atoms with van der Waals surface area (Å²) in [4.78, 5) is 15.9. The highest BCUT2D eigenvalue weighted by molar-refractivity contribution is 4.68. The van der Waals surface area contributed by atoms with E-state index >= 15 is 0 Å². The first-order chi connectivity index (χ1) is 21.4. The van der Waals surface area contributed by atoms with E-state index in [0.29, 0.717) is 0 Å². The lowest BCUT2D eigenvalue weighted by atomic mass is 10.3. The van der Waals surface area contributed by atoms with Crippen molar-refractivity contribution in [3.63, 3.8) is 0 Å². The highest BCUT2D eigenvalue weighted by atomic mass is 15.2. The van der Waals surface area contributed by atoms with Gasteiger partial charge in [0.1, 0.15) is 0 Å². The van der Waals surface area contributed by atoms with Gasteiger partial charge in [0.25, 0.3) is 0 Å². The molecule has 0 rings (SSSR count). The molecule has 0 N–H and O–H groups in total. The summed E-state index contributed by atoms with van der Waals surface area (Å²) in [7, 11) is 0. The molecule has 0 aromatic rings. The lowest BCUT2D eigenvalue weighted by molar-refractivity contribution is 0.175. The monoisotopic (exact) mass is 627 g/mol. The van der Waals surface area contributed by atoms with Crippen LogP contribution >= 0.6 is 0 Å². The normalized spacial score (nSPS) is 12.0. The quantitative estimate of drug-likeness (QED) is 0.0751. The van der Waals surface area contributed by atoms with Crippen LogP contribution in [0.2, 0.25) is 0 Å². The van der Waals surface area contributed by atoms with Gasteiger partial charge in [-0.05, 0) is 130 Å². The average Bonchev–Trinajstić information content (AvgIpc) is 3.00. The molecule has 44 heavy (non-hydrogen) atoms. The fourth-order valence-electron chi connectivity index (χ4n) is 6.31. The van der Waals surface area contributed by atoms with Gasteiger partial charge in [-0.3, -0.25) is 0 Å². The number of hydrogen-bond acceptors (Lipinski definition) is 6. The second-order valence-corrected chi connectivity index (χ2v) is 13.0. The lowest BCUT2D eigenvalue weighted by Crippen LogP contribution is -2.40. The van der Waals surface area contributed by atoms with Crippen LogP contribution in [-0.4, -0.2) is 147 Å². The van der Waals surface area contributed by atoms with Crippen molar-refractivity contribution in [1.29, 1.82) is 0 Å². The molecular weight excluding hydrogens is 540 g/mol. The summed E-state index contributed by atoms with van der Waals surface area (Å²) in [5.74, 6) is 0. The Hall–Kier alpha value is -0.240.